The van der Waals surface area contributed by atoms with Gasteiger partial charge in [-0.15, -0.1) is 0 Å². The number of pyridine rings is 1. The van der Waals surface area contributed by atoms with Gasteiger partial charge in [0.05, 0.1) is 11.1 Å². The molecule has 0 atom stereocenters. The van der Waals surface area contributed by atoms with Gasteiger partial charge in [0.1, 0.15) is 11.1 Å². The SMILES string of the molecule is N=c1c2cccc(C(F)(F)F)c2nc2ccccn12. The Bertz CT molecular complexity index is 834. The van der Waals surface area contributed by atoms with Gasteiger partial charge in [0.25, 0.3) is 0 Å². The molecule has 2 aromatic heterocycles. The number of halogens is 3. The van der Waals surface area contributed by atoms with Crippen LogP contribution in [0.25, 0.3) is 16.6 Å². The van der Waals surface area contributed by atoms with Crippen molar-refractivity contribution < 1.29 is 13.2 Å². The van der Waals surface area contributed by atoms with E-state index in [0.717, 1.165) is 6.07 Å². The molecule has 6 heteroatoms. The van der Waals surface area contributed by atoms with Crippen LogP contribution in [-0.2, 0) is 6.18 Å². The first-order valence-corrected chi connectivity index (χ1v) is 5.50. The second-order valence-corrected chi connectivity index (χ2v) is 4.09. The van der Waals surface area contributed by atoms with Crippen molar-refractivity contribution in [1.82, 2.24) is 9.38 Å². The number of alkyl halides is 3. The highest BCUT2D eigenvalue weighted by molar-refractivity contribution is 5.83. The number of fused-ring (bicyclic) bond motifs is 2. The zero-order valence-corrected chi connectivity index (χ0v) is 9.57. The average Bonchev–Trinajstić information content (AvgIpc) is 2.37. The third-order valence-electron chi connectivity index (χ3n) is 2.90. The summed E-state index contributed by atoms with van der Waals surface area (Å²) in [6.45, 7) is 0. The van der Waals surface area contributed by atoms with Crippen molar-refractivity contribution in [3.8, 4) is 0 Å². The maximum Gasteiger partial charge on any atom is 0.418 e. The lowest BCUT2D eigenvalue weighted by Gasteiger charge is -2.11. The number of nitrogens with zero attached hydrogens (tertiary/aromatic N) is 2. The number of hydrogen-bond acceptors (Lipinski definition) is 2. The zero-order chi connectivity index (χ0) is 13.6. The zero-order valence-electron chi connectivity index (χ0n) is 9.57. The molecule has 1 N–H and O–H groups in total. The van der Waals surface area contributed by atoms with Crippen LogP contribution in [0.2, 0.25) is 0 Å². The largest absolute Gasteiger partial charge is 0.418 e. The highest BCUT2D eigenvalue weighted by Crippen LogP contribution is 2.33. The summed E-state index contributed by atoms with van der Waals surface area (Å²) in [6.07, 6.45) is -2.88. The first-order chi connectivity index (χ1) is 8.98. The molecule has 0 radical (unpaired) electrons. The Kier molecular flexibility index (Phi) is 2.35. The third-order valence-corrected chi connectivity index (χ3v) is 2.90. The molecule has 19 heavy (non-hydrogen) atoms. The molecule has 3 rings (SSSR count). The van der Waals surface area contributed by atoms with Crippen molar-refractivity contribution in [2.45, 2.75) is 6.18 Å². The molecule has 0 aliphatic heterocycles. The Morgan fingerprint density at radius 2 is 1.84 bits per heavy atom. The van der Waals surface area contributed by atoms with Crippen LogP contribution in [0.5, 0.6) is 0 Å². The van der Waals surface area contributed by atoms with Crippen molar-refractivity contribution in [3.63, 3.8) is 0 Å². The average molecular weight is 263 g/mol. The standard InChI is InChI=1S/C13H8F3N3/c14-13(15,16)9-5-3-4-8-11(9)18-10-6-1-2-7-19(10)12(8)17/h1-7,17H. The van der Waals surface area contributed by atoms with Crippen molar-refractivity contribution in [2.24, 2.45) is 0 Å². The fourth-order valence-electron chi connectivity index (χ4n) is 2.04. The van der Waals surface area contributed by atoms with Crippen LogP contribution in [0, 0.1) is 5.41 Å². The van der Waals surface area contributed by atoms with E-state index in [-0.39, 0.29) is 16.4 Å². The molecule has 0 spiro atoms. The van der Waals surface area contributed by atoms with Crippen molar-refractivity contribution in [2.75, 3.05) is 0 Å². The second-order valence-electron chi connectivity index (χ2n) is 4.09. The predicted octanol–water partition coefficient (Wildman–Crippen LogP) is 2.99. The van der Waals surface area contributed by atoms with E-state index in [1.807, 2.05) is 0 Å². The molecule has 3 nitrogen and oxygen atoms in total. The van der Waals surface area contributed by atoms with E-state index in [1.165, 1.54) is 16.5 Å². The summed E-state index contributed by atoms with van der Waals surface area (Å²) in [5.41, 5.74) is -0.695. The van der Waals surface area contributed by atoms with Crippen molar-refractivity contribution in [1.29, 1.82) is 5.41 Å². The van der Waals surface area contributed by atoms with E-state index < -0.39 is 11.7 Å². The molecule has 0 bridgehead atoms. The van der Waals surface area contributed by atoms with Crippen molar-refractivity contribution in [3.05, 3.63) is 53.6 Å². The molecule has 2 heterocycles. The molecule has 0 aliphatic rings. The summed E-state index contributed by atoms with van der Waals surface area (Å²) in [4.78, 5) is 4.03. The quantitative estimate of drug-likeness (QED) is 0.622. The van der Waals surface area contributed by atoms with Gasteiger partial charge in [0.2, 0.25) is 0 Å². The molecule has 0 fully saturated rings. The molecule has 0 amide bonds. The summed E-state index contributed by atoms with van der Waals surface area (Å²) < 4.78 is 40.3. The van der Waals surface area contributed by atoms with E-state index in [0.29, 0.717) is 5.65 Å². The van der Waals surface area contributed by atoms with E-state index in [2.05, 4.69) is 4.98 Å². The summed E-state index contributed by atoms with van der Waals surface area (Å²) in [7, 11) is 0. The molecule has 0 unspecified atom stereocenters. The molecule has 0 saturated carbocycles. The van der Waals surface area contributed by atoms with Crippen LogP contribution in [0.4, 0.5) is 13.2 Å². The van der Waals surface area contributed by atoms with Gasteiger partial charge in [-0.1, -0.05) is 12.1 Å². The summed E-state index contributed by atoms with van der Waals surface area (Å²) in [5, 5.41) is 8.17. The van der Waals surface area contributed by atoms with Crippen LogP contribution >= 0.6 is 0 Å². The monoisotopic (exact) mass is 263 g/mol. The Labute approximate surface area is 105 Å². The lowest BCUT2D eigenvalue weighted by Crippen LogP contribution is -2.17. The number of para-hydroxylation sites is 1. The van der Waals surface area contributed by atoms with E-state index in [9.17, 15) is 13.2 Å². The maximum atomic E-state index is 12.9. The molecule has 0 aliphatic carbocycles. The number of hydrogen-bond donors (Lipinski definition) is 1. The molecule has 96 valence electrons. The van der Waals surface area contributed by atoms with Crippen LogP contribution in [0.1, 0.15) is 5.56 Å². The first-order valence-electron chi connectivity index (χ1n) is 5.50. The minimum Gasteiger partial charge on any atom is -0.286 e. The number of benzene rings is 1. The van der Waals surface area contributed by atoms with Gasteiger partial charge < -0.3 is 0 Å². The molecular formula is C13H8F3N3. The van der Waals surface area contributed by atoms with E-state index in [4.69, 9.17) is 5.41 Å². The minimum absolute atomic E-state index is 0.00769. The fourth-order valence-corrected chi connectivity index (χ4v) is 2.04. The first kappa shape index (κ1) is 11.7. The maximum absolute atomic E-state index is 12.9. The molecular weight excluding hydrogens is 255 g/mol. The summed E-state index contributed by atoms with van der Waals surface area (Å²) >= 11 is 0. The lowest BCUT2D eigenvalue weighted by atomic mass is 10.1. The van der Waals surface area contributed by atoms with E-state index in [1.54, 1.807) is 24.4 Å². The molecule has 1 aromatic carbocycles. The Morgan fingerprint density at radius 1 is 1.05 bits per heavy atom. The highest BCUT2D eigenvalue weighted by atomic mass is 19.4. The molecule has 3 aromatic rings. The summed E-state index contributed by atoms with van der Waals surface area (Å²) in [6, 6.07) is 8.69. The van der Waals surface area contributed by atoms with Gasteiger partial charge in [-0.25, -0.2) is 4.98 Å². The fraction of sp³-hybridized carbons (Fsp3) is 0.0769. The van der Waals surface area contributed by atoms with Gasteiger partial charge in [-0.2, -0.15) is 13.2 Å². The van der Waals surface area contributed by atoms with Gasteiger partial charge in [0, 0.05) is 11.6 Å². The van der Waals surface area contributed by atoms with Crippen molar-refractivity contribution >= 4 is 16.6 Å². The normalized spacial score (nSPS) is 12.2. The Hall–Kier alpha value is -2.37. The number of nitrogens with one attached hydrogen (secondary N) is 1. The lowest BCUT2D eigenvalue weighted by molar-refractivity contribution is -0.136. The highest BCUT2D eigenvalue weighted by Gasteiger charge is 2.33. The number of rotatable bonds is 0. The predicted molar refractivity (Wildman–Crippen MR) is 63.6 cm³/mol. The second kappa shape index (κ2) is 3.81. The van der Waals surface area contributed by atoms with E-state index >= 15 is 0 Å². The van der Waals surface area contributed by atoms with Gasteiger partial charge in [0.15, 0.2) is 0 Å². The van der Waals surface area contributed by atoms with Crippen LogP contribution in [-0.4, -0.2) is 9.38 Å². The smallest absolute Gasteiger partial charge is 0.286 e. The minimum atomic E-state index is -4.48. The Balaban J connectivity index is 2.55. The van der Waals surface area contributed by atoms with Gasteiger partial charge >= 0.3 is 6.18 Å². The van der Waals surface area contributed by atoms with Gasteiger partial charge in [-0.3, -0.25) is 9.81 Å². The topological polar surface area (TPSA) is 41.2 Å². The summed E-state index contributed by atoms with van der Waals surface area (Å²) in [5.74, 6) is 0. The van der Waals surface area contributed by atoms with Gasteiger partial charge in [-0.05, 0) is 24.3 Å². The Morgan fingerprint density at radius 3 is 2.58 bits per heavy atom. The van der Waals surface area contributed by atoms with Crippen LogP contribution in [0.3, 0.4) is 0 Å². The number of aromatic nitrogens is 2. The van der Waals surface area contributed by atoms with Crippen LogP contribution in [0.15, 0.2) is 42.6 Å². The molecule has 0 saturated heterocycles. The third kappa shape index (κ3) is 1.76. The van der Waals surface area contributed by atoms with Crippen LogP contribution < -0.4 is 5.49 Å².